The topological polar surface area (TPSA) is 66.5 Å². The molecule has 1 fully saturated rings. The van der Waals surface area contributed by atoms with Gasteiger partial charge in [0.15, 0.2) is 0 Å². The zero-order valence-electron chi connectivity index (χ0n) is 11.5. The minimum absolute atomic E-state index is 0.0305. The summed E-state index contributed by atoms with van der Waals surface area (Å²) in [7, 11) is 0. The van der Waals surface area contributed by atoms with Gasteiger partial charge in [0, 0.05) is 17.4 Å². The summed E-state index contributed by atoms with van der Waals surface area (Å²) in [4.78, 5) is 0. The van der Waals surface area contributed by atoms with Crippen LogP contribution in [0.3, 0.4) is 0 Å². The molecule has 104 valence electrons. The van der Waals surface area contributed by atoms with Gasteiger partial charge in [0.2, 0.25) is 0 Å². The van der Waals surface area contributed by atoms with Crippen LogP contribution in [-0.2, 0) is 5.41 Å². The summed E-state index contributed by atoms with van der Waals surface area (Å²) in [5.74, 6) is 0.405. The van der Waals surface area contributed by atoms with Gasteiger partial charge in [0.25, 0.3) is 0 Å². The second-order valence-corrected chi connectivity index (χ2v) is 6.42. The van der Waals surface area contributed by atoms with Crippen LogP contribution in [0.4, 0.5) is 0 Å². The van der Waals surface area contributed by atoms with Crippen molar-refractivity contribution in [1.29, 1.82) is 0 Å². The van der Waals surface area contributed by atoms with Crippen LogP contribution in [0, 0.1) is 5.92 Å². The first-order chi connectivity index (χ1) is 9.04. The lowest BCUT2D eigenvalue weighted by Gasteiger charge is -2.49. The fourth-order valence-electron chi connectivity index (χ4n) is 4.06. The van der Waals surface area contributed by atoms with Crippen molar-refractivity contribution in [2.45, 2.75) is 56.6 Å². The third-order valence-electron chi connectivity index (χ3n) is 5.31. The highest BCUT2D eigenvalue weighted by atomic mass is 16.3. The molecule has 1 saturated carbocycles. The van der Waals surface area contributed by atoms with Gasteiger partial charge in [0.05, 0.1) is 6.10 Å². The van der Waals surface area contributed by atoms with E-state index in [1.54, 1.807) is 12.1 Å². The molecule has 3 rings (SSSR count). The molecule has 19 heavy (non-hydrogen) atoms. The van der Waals surface area contributed by atoms with Crippen LogP contribution >= 0.6 is 0 Å². The number of aliphatic hydroxyl groups is 1. The molecule has 1 aromatic rings. The Kier molecular flexibility index (Phi) is 3.06. The minimum atomic E-state index is -0.489. The molecule has 2 aliphatic rings. The van der Waals surface area contributed by atoms with Crippen molar-refractivity contribution < 1.29 is 10.2 Å². The average Bonchev–Trinajstić information content (AvgIpc) is 2.38. The van der Waals surface area contributed by atoms with Crippen molar-refractivity contribution >= 4 is 0 Å². The molecule has 0 unspecified atom stereocenters. The van der Waals surface area contributed by atoms with Crippen LogP contribution in [0.25, 0.3) is 0 Å². The number of aromatic hydroxyl groups is 1. The second-order valence-electron chi connectivity index (χ2n) is 6.42. The normalized spacial score (nSPS) is 38.2. The van der Waals surface area contributed by atoms with Gasteiger partial charge in [-0.3, -0.25) is 0 Å². The summed E-state index contributed by atoms with van der Waals surface area (Å²) >= 11 is 0. The van der Waals surface area contributed by atoms with E-state index >= 15 is 0 Å². The van der Waals surface area contributed by atoms with Gasteiger partial charge in [-0.1, -0.05) is 32.3 Å². The van der Waals surface area contributed by atoms with Crippen LogP contribution < -0.4 is 5.73 Å². The maximum atomic E-state index is 10.6. The van der Waals surface area contributed by atoms with E-state index in [-0.39, 0.29) is 23.1 Å². The van der Waals surface area contributed by atoms with E-state index < -0.39 is 6.10 Å². The van der Waals surface area contributed by atoms with Crippen LogP contribution in [0.5, 0.6) is 5.75 Å². The Morgan fingerprint density at radius 2 is 2.05 bits per heavy atom. The van der Waals surface area contributed by atoms with Gasteiger partial charge >= 0.3 is 0 Å². The molecule has 0 saturated heterocycles. The molecule has 0 aliphatic heterocycles. The Balaban J connectivity index is 2.17. The van der Waals surface area contributed by atoms with Crippen LogP contribution in [0.15, 0.2) is 18.2 Å². The number of nitrogens with two attached hydrogens (primary N) is 1. The van der Waals surface area contributed by atoms with Crippen LogP contribution in [-0.4, -0.2) is 16.3 Å². The summed E-state index contributed by atoms with van der Waals surface area (Å²) in [5, 5.41) is 20.4. The number of benzene rings is 1. The molecule has 0 amide bonds. The van der Waals surface area contributed by atoms with Crippen molar-refractivity contribution in [1.82, 2.24) is 0 Å². The van der Waals surface area contributed by atoms with Crippen LogP contribution in [0.1, 0.15) is 56.3 Å². The largest absolute Gasteiger partial charge is 0.508 e. The molecular formula is C16H23NO2. The standard InChI is InChI=1S/C16H23NO2/c1-16-8-4-2-3-5-12(15(16)17)14(19)11-7-6-10(18)9-13(11)16/h6-7,9,12,14-15,18-19H,2-5,8,17H2,1H3/t12-,14-,15+,16-/m1/s1. The monoisotopic (exact) mass is 261 g/mol. The Bertz CT molecular complexity index is 488. The minimum Gasteiger partial charge on any atom is -0.508 e. The molecule has 4 N–H and O–H groups in total. The number of phenols is 1. The maximum Gasteiger partial charge on any atom is 0.115 e. The van der Waals surface area contributed by atoms with Crippen molar-refractivity contribution in [2.24, 2.45) is 11.7 Å². The predicted molar refractivity (Wildman–Crippen MR) is 75.0 cm³/mol. The number of hydrogen-bond donors (Lipinski definition) is 3. The Hall–Kier alpha value is -1.06. The molecule has 0 heterocycles. The van der Waals surface area contributed by atoms with E-state index in [0.29, 0.717) is 0 Å². The molecule has 0 spiro atoms. The zero-order chi connectivity index (χ0) is 13.6. The predicted octanol–water partition coefficient (Wildman–Crippen LogP) is 2.60. The lowest BCUT2D eigenvalue weighted by Crippen LogP contribution is -2.54. The first-order valence-corrected chi connectivity index (χ1v) is 7.31. The molecule has 4 atom stereocenters. The first kappa shape index (κ1) is 12.9. The van der Waals surface area contributed by atoms with Gasteiger partial charge < -0.3 is 15.9 Å². The van der Waals surface area contributed by atoms with Gasteiger partial charge in [-0.2, -0.15) is 0 Å². The molecule has 0 aromatic heterocycles. The SMILES string of the molecule is C[C@@]12CCCCC[C@H]([C@H](O)c3ccc(O)cc31)[C@@H]2N. The maximum absolute atomic E-state index is 10.6. The second kappa shape index (κ2) is 4.50. The summed E-state index contributed by atoms with van der Waals surface area (Å²) in [5.41, 5.74) is 8.39. The average molecular weight is 261 g/mol. The van der Waals surface area contributed by atoms with E-state index in [2.05, 4.69) is 6.92 Å². The highest BCUT2D eigenvalue weighted by Crippen LogP contribution is 2.50. The number of hydrogen-bond acceptors (Lipinski definition) is 3. The van der Waals surface area contributed by atoms with E-state index in [9.17, 15) is 10.2 Å². The van der Waals surface area contributed by atoms with Crippen molar-refractivity contribution in [3.63, 3.8) is 0 Å². The Labute approximate surface area is 114 Å². The lowest BCUT2D eigenvalue weighted by atomic mass is 9.59. The van der Waals surface area contributed by atoms with Crippen molar-refractivity contribution in [2.75, 3.05) is 0 Å². The third kappa shape index (κ3) is 1.87. The van der Waals surface area contributed by atoms with E-state index in [1.165, 1.54) is 12.8 Å². The molecule has 3 nitrogen and oxygen atoms in total. The highest BCUT2D eigenvalue weighted by Gasteiger charge is 2.47. The number of phenolic OH excluding ortho intramolecular Hbond substituents is 1. The Morgan fingerprint density at radius 3 is 2.84 bits per heavy atom. The van der Waals surface area contributed by atoms with Crippen molar-refractivity contribution in [3.05, 3.63) is 29.3 Å². The van der Waals surface area contributed by atoms with E-state index in [4.69, 9.17) is 5.73 Å². The number of aliphatic hydroxyl groups excluding tert-OH is 1. The quantitative estimate of drug-likeness (QED) is 0.672. The van der Waals surface area contributed by atoms with Crippen molar-refractivity contribution in [3.8, 4) is 5.75 Å². The molecule has 2 bridgehead atoms. The summed E-state index contributed by atoms with van der Waals surface area (Å²) < 4.78 is 0. The fraction of sp³-hybridized carbons (Fsp3) is 0.625. The molecule has 3 heteroatoms. The third-order valence-corrected chi connectivity index (χ3v) is 5.31. The van der Waals surface area contributed by atoms with Gasteiger partial charge in [-0.05, 0) is 36.1 Å². The molecular weight excluding hydrogens is 238 g/mol. The summed E-state index contributed by atoms with van der Waals surface area (Å²) in [6.45, 7) is 2.19. The van der Waals surface area contributed by atoms with Crippen LogP contribution in [0.2, 0.25) is 0 Å². The van der Waals surface area contributed by atoms with Gasteiger partial charge in [0.1, 0.15) is 5.75 Å². The smallest absolute Gasteiger partial charge is 0.115 e. The molecule has 1 aromatic carbocycles. The van der Waals surface area contributed by atoms with Gasteiger partial charge in [-0.25, -0.2) is 0 Å². The van der Waals surface area contributed by atoms with E-state index in [0.717, 1.165) is 30.4 Å². The highest BCUT2D eigenvalue weighted by molar-refractivity contribution is 5.45. The number of rotatable bonds is 0. The first-order valence-electron chi connectivity index (χ1n) is 7.31. The molecule has 0 radical (unpaired) electrons. The lowest BCUT2D eigenvalue weighted by molar-refractivity contribution is 0.0398. The zero-order valence-corrected chi connectivity index (χ0v) is 11.5. The van der Waals surface area contributed by atoms with E-state index in [1.807, 2.05) is 6.07 Å². The molecule has 2 aliphatic carbocycles. The Morgan fingerprint density at radius 1 is 1.26 bits per heavy atom. The summed E-state index contributed by atoms with van der Waals surface area (Å²) in [6, 6.07) is 5.31. The fourth-order valence-corrected chi connectivity index (χ4v) is 4.06. The van der Waals surface area contributed by atoms with Gasteiger partial charge in [-0.15, -0.1) is 0 Å². The summed E-state index contributed by atoms with van der Waals surface area (Å²) in [6.07, 6.45) is 5.07. The number of fused-ring (bicyclic) bond motifs is 4.